The Balaban J connectivity index is 0.000000232. The molecule has 2 bridgehead atoms. The fraction of sp³-hybridized carbons (Fsp3) is 0.571. The van der Waals surface area contributed by atoms with Crippen molar-refractivity contribution in [1.82, 2.24) is 0 Å². The molecule has 18 heavy (non-hydrogen) atoms. The number of fused-ring (bicyclic) bond motifs is 2. The predicted octanol–water partition coefficient (Wildman–Crippen LogP) is 2.39. The van der Waals surface area contributed by atoms with E-state index in [1.807, 2.05) is 0 Å². The molecule has 2 rings (SSSR count). The van der Waals surface area contributed by atoms with Crippen LogP contribution >= 0.6 is 0 Å². The van der Waals surface area contributed by atoms with Crippen LogP contribution in [0, 0.1) is 5.92 Å². The first-order valence-electron chi connectivity index (χ1n) is 6.11. The normalized spacial score (nSPS) is 27.7. The lowest BCUT2D eigenvalue weighted by Gasteiger charge is -2.25. The maximum Gasteiger partial charge on any atom is 0.330 e. The SMILES string of the molecule is C=CC(=O)OC.C=CC(=O)OC12CCC(CC1)C2. The number of carbonyl (C=O) groups is 2. The molecule has 0 aliphatic heterocycles. The summed E-state index contributed by atoms with van der Waals surface area (Å²) in [7, 11) is 1.31. The smallest absolute Gasteiger partial charge is 0.330 e. The Kier molecular flexibility index (Phi) is 5.13. The van der Waals surface area contributed by atoms with Gasteiger partial charge in [-0.2, -0.15) is 0 Å². The molecule has 0 heterocycles. The van der Waals surface area contributed by atoms with Gasteiger partial charge in [-0.15, -0.1) is 0 Å². The van der Waals surface area contributed by atoms with Crippen LogP contribution in [0.25, 0.3) is 0 Å². The Morgan fingerprint density at radius 1 is 1.17 bits per heavy atom. The monoisotopic (exact) mass is 252 g/mol. The van der Waals surface area contributed by atoms with Gasteiger partial charge in [0.15, 0.2) is 0 Å². The Morgan fingerprint density at radius 2 is 1.72 bits per heavy atom. The molecule has 0 aromatic heterocycles. The van der Waals surface area contributed by atoms with Gasteiger partial charge in [0.05, 0.1) is 7.11 Å². The zero-order chi connectivity index (χ0) is 13.6. The second-order valence-corrected chi connectivity index (χ2v) is 4.68. The Morgan fingerprint density at radius 3 is 2.00 bits per heavy atom. The predicted molar refractivity (Wildman–Crippen MR) is 67.8 cm³/mol. The first-order valence-corrected chi connectivity index (χ1v) is 6.11. The van der Waals surface area contributed by atoms with Crippen molar-refractivity contribution < 1.29 is 19.1 Å². The second kappa shape index (κ2) is 6.38. The molecule has 0 spiro atoms. The number of methoxy groups -OCH3 is 1. The van der Waals surface area contributed by atoms with E-state index in [4.69, 9.17) is 4.74 Å². The molecule has 0 radical (unpaired) electrons. The standard InChI is InChI=1S/C10H14O2.C4H6O2/c1-2-9(11)12-10-5-3-8(7-10)4-6-10;1-3-4(5)6-2/h2,8H,1,3-7H2;3H,1H2,2H3. The molecular formula is C14H20O4. The van der Waals surface area contributed by atoms with E-state index in [1.165, 1.54) is 26.0 Å². The van der Waals surface area contributed by atoms with Crippen molar-refractivity contribution in [3.05, 3.63) is 25.3 Å². The molecule has 0 unspecified atom stereocenters. The Bertz CT molecular complexity index is 338. The zero-order valence-corrected chi connectivity index (χ0v) is 10.8. The van der Waals surface area contributed by atoms with E-state index >= 15 is 0 Å². The molecule has 0 amide bonds. The van der Waals surface area contributed by atoms with E-state index in [-0.39, 0.29) is 11.6 Å². The van der Waals surface area contributed by atoms with Gasteiger partial charge in [-0.05, 0) is 38.0 Å². The van der Waals surface area contributed by atoms with Gasteiger partial charge < -0.3 is 9.47 Å². The lowest BCUT2D eigenvalue weighted by atomic mass is 9.97. The quantitative estimate of drug-likeness (QED) is 0.571. The fourth-order valence-corrected chi connectivity index (χ4v) is 2.62. The summed E-state index contributed by atoms with van der Waals surface area (Å²) in [4.78, 5) is 20.9. The maximum absolute atomic E-state index is 11.0. The molecule has 2 aliphatic rings. The average Bonchev–Trinajstić information content (AvgIpc) is 2.98. The molecule has 0 N–H and O–H groups in total. The molecule has 2 aliphatic carbocycles. The van der Waals surface area contributed by atoms with Crippen molar-refractivity contribution in [2.24, 2.45) is 5.92 Å². The van der Waals surface area contributed by atoms with Crippen LogP contribution < -0.4 is 0 Å². The molecule has 2 saturated carbocycles. The van der Waals surface area contributed by atoms with Crippen LogP contribution in [0.15, 0.2) is 25.3 Å². The van der Waals surface area contributed by atoms with Crippen LogP contribution in [0.2, 0.25) is 0 Å². The highest BCUT2D eigenvalue weighted by molar-refractivity contribution is 5.81. The van der Waals surface area contributed by atoms with Crippen LogP contribution in [0.5, 0.6) is 0 Å². The Hall–Kier alpha value is -1.58. The van der Waals surface area contributed by atoms with Crippen molar-refractivity contribution in [2.75, 3.05) is 7.11 Å². The summed E-state index contributed by atoms with van der Waals surface area (Å²) in [5, 5.41) is 0. The van der Waals surface area contributed by atoms with E-state index in [1.54, 1.807) is 0 Å². The summed E-state index contributed by atoms with van der Waals surface area (Å²) >= 11 is 0. The van der Waals surface area contributed by atoms with Gasteiger partial charge in [0, 0.05) is 12.2 Å². The number of hydrogen-bond acceptors (Lipinski definition) is 4. The van der Waals surface area contributed by atoms with Crippen LogP contribution in [-0.4, -0.2) is 24.6 Å². The summed E-state index contributed by atoms with van der Waals surface area (Å²) < 4.78 is 9.52. The molecule has 4 heteroatoms. The minimum Gasteiger partial charge on any atom is -0.466 e. The van der Waals surface area contributed by atoms with Gasteiger partial charge in [0.2, 0.25) is 0 Å². The lowest BCUT2D eigenvalue weighted by molar-refractivity contribution is -0.152. The fourth-order valence-electron chi connectivity index (χ4n) is 2.62. The van der Waals surface area contributed by atoms with Gasteiger partial charge >= 0.3 is 11.9 Å². The molecule has 0 saturated heterocycles. The summed E-state index contributed by atoms with van der Waals surface area (Å²) in [6, 6.07) is 0. The van der Waals surface area contributed by atoms with Crippen LogP contribution in [0.3, 0.4) is 0 Å². The maximum atomic E-state index is 11.0. The highest BCUT2D eigenvalue weighted by atomic mass is 16.6. The number of esters is 2. The van der Waals surface area contributed by atoms with Crippen LogP contribution in [0.4, 0.5) is 0 Å². The highest BCUT2D eigenvalue weighted by Crippen LogP contribution is 2.49. The van der Waals surface area contributed by atoms with Crippen molar-refractivity contribution in [2.45, 2.75) is 37.7 Å². The molecule has 4 nitrogen and oxygen atoms in total. The summed E-state index contributed by atoms with van der Waals surface area (Å²) in [5.74, 6) is 0.176. The van der Waals surface area contributed by atoms with E-state index in [0.717, 1.165) is 31.3 Å². The summed E-state index contributed by atoms with van der Waals surface area (Å²) in [5.41, 5.74) is -0.0874. The van der Waals surface area contributed by atoms with Crippen molar-refractivity contribution in [3.8, 4) is 0 Å². The van der Waals surface area contributed by atoms with Gasteiger partial charge in [0.1, 0.15) is 5.60 Å². The molecule has 0 atom stereocenters. The third-order valence-corrected chi connectivity index (χ3v) is 3.53. The largest absolute Gasteiger partial charge is 0.466 e. The van der Waals surface area contributed by atoms with E-state index in [0.29, 0.717) is 0 Å². The molecular weight excluding hydrogens is 232 g/mol. The minimum atomic E-state index is -0.394. The Labute approximate surface area is 108 Å². The van der Waals surface area contributed by atoms with Gasteiger partial charge in [0.25, 0.3) is 0 Å². The van der Waals surface area contributed by atoms with Crippen molar-refractivity contribution in [1.29, 1.82) is 0 Å². The number of rotatable bonds is 3. The topological polar surface area (TPSA) is 52.6 Å². The summed E-state index contributed by atoms with van der Waals surface area (Å²) in [6.07, 6.45) is 8.08. The van der Waals surface area contributed by atoms with E-state index in [9.17, 15) is 9.59 Å². The van der Waals surface area contributed by atoms with Crippen LogP contribution in [-0.2, 0) is 19.1 Å². The van der Waals surface area contributed by atoms with Gasteiger partial charge in [-0.25, -0.2) is 9.59 Å². The second-order valence-electron chi connectivity index (χ2n) is 4.68. The first-order chi connectivity index (χ1) is 8.55. The molecule has 2 fully saturated rings. The minimum absolute atomic E-state index is 0.0874. The number of hydrogen-bond donors (Lipinski definition) is 0. The first kappa shape index (κ1) is 14.5. The zero-order valence-electron chi connectivity index (χ0n) is 10.8. The van der Waals surface area contributed by atoms with Gasteiger partial charge in [-0.3, -0.25) is 0 Å². The lowest BCUT2D eigenvalue weighted by Crippen LogP contribution is -2.29. The summed E-state index contributed by atoms with van der Waals surface area (Å²) in [6.45, 7) is 6.56. The average molecular weight is 252 g/mol. The molecule has 0 aromatic carbocycles. The van der Waals surface area contributed by atoms with Crippen LogP contribution in [0.1, 0.15) is 32.1 Å². The van der Waals surface area contributed by atoms with Gasteiger partial charge in [-0.1, -0.05) is 13.2 Å². The molecule has 0 aromatic rings. The van der Waals surface area contributed by atoms with E-state index < -0.39 is 5.97 Å². The molecule has 100 valence electrons. The highest BCUT2D eigenvalue weighted by Gasteiger charge is 2.47. The van der Waals surface area contributed by atoms with E-state index in [2.05, 4.69) is 17.9 Å². The van der Waals surface area contributed by atoms with Crippen molar-refractivity contribution >= 4 is 11.9 Å². The number of carbonyl (C=O) groups excluding carboxylic acids is 2. The number of ether oxygens (including phenoxy) is 2. The van der Waals surface area contributed by atoms with Crippen molar-refractivity contribution in [3.63, 3.8) is 0 Å². The third kappa shape index (κ3) is 3.72. The third-order valence-electron chi connectivity index (χ3n) is 3.53.